The van der Waals surface area contributed by atoms with Crippen LogP contribution in [0.3, 0.4) is 0 Å². The van der Waals surface area contributed by atoms with Gasteiger partial charge in [-0.2, -0.15) is 0 Å². The molecule has 5 nitrogen and oxygen atoms in total. The zero-order valence-corrected chi connectivity index (χ0v) is 16.7. The Balaban J connectivity index is 1.49. The van der Waals surface area contributed by atoms with E-state index in [9.17, 15) is 9.59 Å². The minimum atomic E-state index is -0.300. The van der Waals surface area contributed by atoms with Crippen LogP contribution in [0.15, 0.2) is 60.0 Å². The highest BCUT2D eigenvalue weighted by molar-refractivity contribution is 7.09. The van der Waals surface area contributed by atoms with Crippen LogP contribution in [0.2, 0.25) is 0 Å². The van der Waals surface area contributed by atoms with Crippen molar-refractivity contribution >= 4 is 34.6 Å². The van der Waals surface area contributed by atoms with Crippen LogP contribution in [-0.2, 0) is 17.8 Å². The van der Waals surface area contributed by atoms with Gasteiger partial charge in [-0.05, 0) is 66.2 Å². The van der Waals surface area contributed by atoms with E-state index >= 15 is 0 Å². The highest BCUT2D eigenvalue weighted by Gasteiger charge is 2.06. The van der Waals surface area contributed by atoms with Crippen molar-refractivity contribution in [1.82, 2.24) is 5.32 Å². The van der Waals surface area contributed by atoms with Gasteiger partial charge in [-0.25, -0.2) is 4.79 Å². The summed E-state index contributed by atoms with van der Waals surface area (Å²) in [7, 11) is 0. The summed E-state index contributed by atoms with van der Waals surface area (Å²) in [5.74, 6) is -0.0262. The minimum Gasteiger partial charge on any atom is -0.351 e. The van der Waals surface area contributed by atoms with E-state index in [0.717, 1.165) is 27.3 Å². The summed E-state index contributed by atoms with van der Waals surface area (Å²) in [5.41, 5.74) is 4.51. The molecule has 0 saturated heterocycles. The molecule has 3 amide bonds. The molecule has 1 aromatic heterocycles. The maximum atomic E-state index is 12.2. The van der Waals surface area contributed by atoms with E-state index in [-0.39, 0.29) is 11.9 Å². The molecule has 6 heteroatoms. The summed E-state index contributed by atoms with van der Waals surface area (Å²) in [5, 5.41) is 10.5. The van der Waals surface area contributed by atoms with E-state index in [1.54, 1.807) is 23.5 Å². The van der Waals surface area contributed by atoms with Crippen molar-refractivity contribution in [3.63, 3.8) is 0 Å². The van der Waals surface area contributed by atoms with Crippen LogP contribution in [0.1, 0.15) is 21.6 Å². The normalized spacial score (nSPS) is 10.4. The van der Waals surface area contributed by atoms with E-state index in [0.29, 0.717) is 18.7 Å². The van der Waals surface area contributed by atoms with Gasteiger partial charge in [-0.1, -0.05) is 24.3 Å². The molecule has 0 bridgehead atoms. The van der Waals surface area contributed by atoms with Crippen LogP contribution in [0.5, 0.6) is 0 Å². The Morgan fingerprint density at radius 1 is 0.893 bits per heavy atom. The Labute approximate surface area is 168 Å². The number of hydrogen-bond donors (Lipinski definition) is 3. The van der Waals surface area contributed by atoms with Crippen LogP contribution < -0.4 is 16.0 Å². The van der Waals surface area contributed by atoms with E-state index < -0.39 is 0 Å². The van der Waals surface area contributed by atoms with Gasteiger partial charge < -0.3 is 16.0 Å². The lowest BCUT2D eigenvalue weighted by molar-refractivity contribution is -0.120. The highest BCUT2D eigenvalue weighted by Crippen LogP contribution is 2.15. The molecule has 3 aromatic rings. The molecule has 144 valence electrons. The van der Waals surface area contributed by atoms with Gasteiger partial charge >= 0.3 is 6.03 Å². The largest absolute Gasteiger partial charge is 0.351 e. The number of nitrogens with one attached hydrogen (secondary N) is 3. The van der Waals surface area contributed by atoms with Gasteiger partial charge in [0.15, 0.2) is 0 Å². The number of rotatable bonds is 6. The molecule has 28 heavy (non-hydrogen) atoms. The van der Waals surface area contributed by atoms with Gasteiger partial charge in [0.1, 0.15) is 0 Å². The van der Waals surface area contributed by atoms with Crippen molar-refractivity contribution < 1.29 is 9.59 Å². The van der Waals surface area contributed by atoms with E-state index in [2.05, 4.69) is 22.0 Å². The number of carbonyl (C=O) groups excluding carboxylic acids is 2. The number of thiophene rings is 1. The fourth-order valence-electron chi connectivity index (χ4n) is 2.89. The summed E-state index contributed by atoms with van der Waals surface area (Å²) < 4.78 is 0. The van der Waals surface area contributed by atoms with Crippen LogP contribution in [0, 0.1) is 13.8 Å². The van der Waals surface area contributed by atoms with Crippen LogP contribution in [0.25, 0.3) is 0 Å². The molecule has 0 atom stereocenters. The van der Waals surface area contributed by atoms with Crippen LogP contribution in [0.4, 0.5) is 16.2 Å². The van der Waals surface area contributed by atoms with Crippen molar-refractivity contribution in [2.45, 2.75) is 26.8 Å². The number of carbonyl (C=O) groups is 2. The number of amides is 3. The maximum Gasteiger partial charge on any atom is 0.323 e. The SMILES string of the molecule is Cc1cc(C)cc(NC(=O)Nc2ccc(CC(=O)NCc3cccs3)cc2)c1. The summed E-state index contributed by atoms with van der Waals surface area (Å²) in [4.78, 5) is 25.3. The first-order valence-corrected chi connectivity index (χ1v) is 9.90. The predicted molar refractivity (Wildman–Crippen MR) is 115 cm³/mol. The lowest BCUT2D eigenvalue weighted by atomic mass is 10.1. The predicted octanol–water partition coefficient (Wildman–Crippen LogP) is 4.87. The summed E-state index contributed by atoms with van der Waals surface area (Å²) in [6.07, 6.45) is 0.306. The number of benzene rings is 2. The van der Waals surface area contributed by atoms with Crippen molar-refractivity contribution in [2.24, 2.45) is 0 Å². The monoisotopic (exact) mass is 393 g/mol. The molecular weight excluding hydrogens is 370 g/mol. The first-order chi connectivity index (χ1) is 13.5. The lowest BCUT2D eigenvalue weighted by Crippen LogP contribution is -2.24. The molecule has 0 aliphatic heterocycles. The van der Waals surface area contributed by atoms with Crippen LogP contribution >= 0.6 is 11.3 Å². The summed E-state index contributed by atoms with van der Waals surface area (Å²) >= 11 is 1.62. The lowest BCUT2D eigenvalue weighted by Gasteiger charge is -2.10. The summed E-state index contributed by atoms with van der Waals surface area (Å²) in [6, 6.07) is 16.8. The third-order valence-electron chi connectivity index (χ3n) is 4.10. The molecule has 0 aliphatic rings. The molecule has 3 rings (SSSR count). The maximum absolute atomic E-state index is 12.2. The van der Waals surface area contributed by atoms with Gasteiger partial charge in [0.2, 0.25) is 5.91 Å². The highest BCUT2D eigenvalue weighted by atomic mass is 32.1. The van der Waals surface area contributed by atoms with E-state index in [4.69, 9.17) is 0 Å². The Morgan fingerprint density at radius 2 is 1.57 bits per heavy atom. The number of hydrogen-bond acceptors (Lipinski definition) is 3. The second kappa shape index (κ2) is 9.19. The molecule has 0 saturated carbocycles. The first-order valence-electron chi connectivity index (χ1n) is 9.02. The number of anilines is 2. The number of urea groups is 1. The average molecular weight is 394 g/mol. The third-order valence-corrected chi connectivity index (χ3v) is 4.97. The Kier molecular flexibility index (Phi) is 6.45. The molecule has 0 radical (unpaired) electrons. The molecule has 0 unspecified atom stereocenters. The van der Waals surface area contributed by atoms with E-state index in [1.165, 1.54) is 0 Å². The Morgan fingerprint density at radius 3 is 2.21 bits per heavy atom. The van der Waals surface area contributed by atoms with Crippen molar-refractivity contribution in [3.05, 3.63) is 81.5 Å². The Hall–Kier alpha value is -3.12. The first kappa shape index (κ1) is 19.6. The second-order valence-corrected chi connectivity index (χ2v) is 7.72. The minimum absolute atomic E-state index is 0.0262. The topological polar surface area (TPSA) is 70.2 Å². The van der Waals surface area contributed by atoms with Crippen molar-refractivity contribution in [3.8, 4) is 0 Å². The molecule has 1 heterocycles. The smallest absolute Gasteiger partial charge is 0.323 e. The fourth-order valence-corrected chi connectivity index (χ4v) is 3.54. The fraction of sp³-hybridized carbons (Fsp3) is 0.182. The van der Waals surface area contributed by atoms with Gasteiger partial charge in [0.05, 0.1) is 13.0 Å². The molecule has 2 aromatic carbocycles. The van der Waals surface area contributed by atoms with Crippen molar-refractivity contribution in [1.29, 1.82) is 0 Å². The molecule has 0 fully saturated rings. The van der Waals surface area contributed by atoms with Gasteiger partial charge in [0, 0.05) is 16.3 Å². The van der Waals surface area contributed by atoms with Gasteiger partial charge in [-0.15, -0.1) is 11.3 Å². The molecule has 0 aliphatic carbocycles. The molecule has 3 N–H and O–H groups in total. The zero-order valence-electron chi connectivity index (χ0n) is 15.9. The molecule has 0 spiro atoms. The number of aryl methyl sites for hydroxylation is 2. The third kappa shape index (κ3) is 5.96. The Bertz CT molecular complexity index is 930. The van der Waals surface area contributed by atoms with Gasteiger partial charge in [0.25, 0.3) is 0 Å². The van der Waals surface area contributed by atoms with Crippen LogP contribution in [-0.4, -0.2) is 11.9 Å². The average Bonchev–Trinajstić information content (AvgIpc) is 3.14. The van der Waals surface area contributed by atoms with Gasteiger partial charge in [-0.3, -0.25) is 4.79 Å². The molecular formula is C22H23N3O2S. The quantitative estimate of drug-likeness (QED) is 0.559. The van der Waals surface area contributed by atoms with E-state index in [1.807, 2.05) is 55.6 Å². The zero-order chi connectivity index (χ0) is 19.9. The second-order valence-electron chi connectivity index (χ2n) is 6.69. The summed E-state index contributed by atoms with van der Waals surface area (Å²) in [6.45, 7) is 4.53. The standard InChI is InChI=1S/C22H23N3O2S/c1-15-10-16(2)12-19(11-15)25-22(27)24-18-7-5-17(6-8-18)13-21(26)23-14-20-4-3-9-28-20/h3-12H,13-14H2,1-2H3,(H,23,26)(H2,24,25,27). The van der Waals surface area contributed by atoms with Crippen molar-refractivity contribution in [2.75, 3.05) is 10.6 Å².